The summed E-state index contributed by atoms with van der Waals surface area (Å²) in [5.74, 6) is 1.07. The van der Waals surface area contributed by atoms with E-state index in [2.05, 4.69) is 0 Å². The van der Waals surface area contributed by atoms with Crippen LogP contribution >= 0.6 is 0 Å². The number of carbonyl (C=O) groups excluding carboxylic acids is 1. The molecule has 3 rings (SSSR count). The molecule has 0 atom stereocenters. The second-order valence-electron chi connectivity index (χ2n) is 5.44. The van der Waals surface area contributed by atoms with Gasteiger partial charge in [-0.05, 0) is 25.0 Å². The Balaban J connectivity index is 1.62. The van der Waals surface area contributed by atoms with Crippen LogP contribution in [0.15, 0.2) is 24.3 Å². The molecular formula is C16H21NO4. The van der Waals surface area contributed by atoms with Gasteiger partial charge in [0.1, 0.15) is 5.75 Å². The number of ether oxygens (including phenoxy) is 3. The van der Waals surface area contributed by atoms with Crippen LogP contribution in [0.25, 0.3) is 0 Å². The lowest BCUT2D eigenvalue weighted by Crippen LogP contribution is -2.41. The Labute approximate surface area is 124 Å². The number of hydrogen-bond acceptors (Lipinski definition) is 4. The highest BCUT2D eigenvalue weighted by Crippen LogP contribution is 2.27. The summed E-state index contributed by atoms with van der Waals surface area (Å²) in [6.45, 7) is 2.85. The summed E-state index contributed by atoms with van der Waals surface area (Å²) in [6.07, 6.45) is 1.77. The topological polar surface area (TPSA) is 48.0 Å². The van der Waals surface area contributed by atoms with Crippen molar-refractivity contribution in [2.24, 2.45) is 5.92 Å². The second kappa shape index (κ2) is 6.45. The third kappa shape index (κ3) is 3.04. The van der Waals surface area contributed by atoms with E-state index >= 15 is 0 Å². The Morgan fingerprint density at radius 3 is 2.52 bits per heavy atom. The van der Waals surface area contributed by atoms with Crippen molar-refractivity contribution < 1.29 is 19.0 Å². The van der Waals surface area contributed by atoms with E-state index in [0.29, 0.717) is 30.4 Å². The Kier molecular flexibility index (Phi) is 4.41. The quantitative estimate of drug-likeness (QED) is 0.853. The highest BCUT2D eigenvalue weighted by Gasteiger charge is 2.32. The molecule has 21 heavy (non-hydrogen) atoms. The molecule has 1 amide bonds. The molecule has 5 heteroatoms. The number of benzene rings is 1. The average Bonchev–Trinajstić information content (AvgIpc) is 3.09. The predicted octanol–water partition coefficient (Wildman–Crippen LogP) is 1.92. The van der Waals surface area contributed by atoms with E-state index in [0.717, 1.165) is 25.9 Å². The largest absolute Gasteiger partial charge is 0.496 e. The molecule has 2 heterocycles. The normalized spacial score (nSPS) is 20.7. The minimum Gasteiger partial charge on any atom is -0.496 e. The van der Waals surface area contributed by atoms with Gasteiger partial charge in [-0.3, -0.25) is 4.79 Å². The molecule has 2 aliphatic rings. The van der Waals surface area contributed by atoms with E-state index in [4.69, 9.17) is 14.2 Å². The Morgan fingerprint density at radius 2 is 1.86 bits per heavy atom. The standard InChI is InChI=1S/C16H21NO4/c1-19-14-5-3-2-4-13(14)15(18)17-8-6-12(7-9-17)16-20-10-11-21-16/h2-5,12,16H,6-11H2,1H3. The van der Waals surface area contributed by atoms with Crippen molar-refractivity contribution in [2.45, 2.75) is 19.1 Å². The molecule has 0 bridgehead atoms. The zero-order valence-electron chi connectivity index (χ0n) is 12.3. The minimum atomic E-state index is -0.0755. The maximum Gasteiger partial charge on any atom is 0.257 e. The van der Waals surface area contributed by atoms with Gasteiger partial charge < -0.3 is 19.1 Å². The van der Waals surface area contributed by atoms with Crippen molar-refractivity contribution in [1.29, 1.82) is 0 Å². The lowest BCUT2D eigenvalue weighted by Gasteiger charge is -2.34. The lowest BCUT2D eigenvalue weighted by molar-refractivity contribution is -0.0956. The predicted molar refractivity (Wildman–Crippen MR) is 77.3 cm³/mol. The van der Waals surface area contributed by atoms with Gasteiger partial charge in [0.25, 0.3) is 5.91 Å². The first-order valence-corrected chi connectivity index (χ1v) is 7.45. The maximum absolute atomic E-state index is 12.6. The van der Waals surface area contributed by atoms with Crippen molar-refractivity contribution >= 4 is 5.91 Å². The molecule has 1 aromatic carbocycles. The molecule has 2 fully saturated rings. The molecule has 0 aliphatic carbocycles. The fourth-order valence-electron chi connectivity index (χ4n) is 3.02. The highest BCUT2D eigenvalue weighted by molar-refractivity contribution is 5.97. The van der Waals surface area contributed by atoms with Crippen molar-refractivity contribution in [1.82, 2.24) is 4.90 Å². The monoisotopic (exact) mass is 291 g/mol. The third-order valence-electron chi connectivity index (χ3n) is 4.20. The number of carbonyl (C=O) groups is 1. The fraction of sp³-hybridized carbons (Fsp3) is 0.562. The van der Waals surface area contributed by atoms with Crippen LogP contribution in [-0.4, -0.2) is 50.5 Å². The molecule has 0 unspecified atom stereocenters. The molecule has 0 saturated carbocycles. The van der Waals surface area contributed by atoms with Gasteiger partial charge in [0.15, 0.2) is 6.29 Å². The summed E-state index contributed by atoms with van der Waals surface area (Å²) in [6, 6.07) is 7.37. The summed E-state index contributed by atoms with van der Waals surface area (Å²) in [4.78, 5) is 14.5. The first-order chi connectivity index (χ1) is 10.3. The number of piperidine rings is 1. The smallest absolute Gasteiger partial charge is 0.257 e. The molecule has 2 saturated heterocycles. The van der Waals surface area contributed by atoms with E-state index in [1.54, 1.807) is 7.11 Å². The molecule has 114 valence electrons. The molecule has 2 aliphatic heterocycles. The summed E-state index contributed by atoms with van der Waals surface area (Å²) >= 11 is 0. The summed E-state index contributed by atoms with van der Waals surface area (Å²) < 4.78 is 16.4. The van der Waals surface area contributed by atoms with Crippen LogP contribution in [0.3, 0.4) is 0 Å². The van der Waals surface area contributed by atoms with Crippen molar-refractivity contribution in [3.8, 4) is 5.75 Å². The molecule has 1 aromatic rings. The van der Waals surface area contributed by atoms with Gasteiger partial charge >= 0.3 is 0 Å². The Hall–Kier alpha value is -1.59. The first kappa shape index (κ1) is 14.4. The fourth-order valence-corrected chi connectivity index (χ4v) is 3.02. The summed E-state index contributed by atoms with van der Waals surface area (Å²) in [5.41, 5.74) is 0.631. The Morgan fingerprint density at radius 1 is 1.19 bits per heavy atom. The number of likely N-dealkylation sites (tertiary alicyclic amines) is 1. The van der Waals surface area contributed by atoms with Crippen LogP contribution in [0.5, 0.6) is 5.75 Å². The molecule has 0 spiro atoms. The van der Waals surface area contributed by atoms with Gasteiger partial charge in [0.05, 0.1) is 25.9 Å². The SMILES string of the molecule is COc1ccccc1C(=O)N1CCC(C2OCCO2)CC1. The van der Waals surface area contributed by atoms with Crippen molar-refractivity contribution in [2.75, 3.05) is 33.4 Å². The van der Waals surface area contributed by atoms with E-state index in [1.807, 2.05) is 29.2 Å². The Bertz CT molecular complexity index is 491. The van der Waals surface area contributed by atoms with Gasteiger partial charge in [-0.25, -0.2) is 0 Å². The van der Waals surface area contributed by atoms with Crippen molar-refractivity contribution in [3.05, 3.63) is 29.8 Å². The number of methoxy groups -OCH3 is 1. The molecule has 0 radical (unpaired) electrons. The van der Waals surface area contributed by atoms with Gasteiger partial charge in [-0.1, -0.05) is 12.1 Å². The zero-order chi connectivity index (χ0) is 14.7. The van der Waals surface area contributed by atoms with E-state index in [-0.39, 0.29) is 12.2 Å². The van der Waals surface area contributed by atoms with Crippen LogP contribution in [0.1, 0.15) is 23.2 Å². The summed E-state index contributed by atoms with van der Waals surface area (Å²) in [5, 5.41) is 0. The maximum atomic E-state index is 12.6. The van der Waals surface area contributed by atoms with Crippen LogP contribution in [0.2, 0.25) is 0 Å². The second-order valence-corrected chi connectivity index (χ2v) is 5.44. The lowest BCUT2D eigenvalue weighted by atomic mass is 9.95. The molecule has 5 nitrogen and oxygen atoms in total. The van der Waals surface area contributed by atoms with E-state index in [1.165, 1.54) is 0 Å². The number of hydrogen-bond donors (Lipinski definition) is 0. The average molecular weight is 291 g/mol. The molecule has 0 N–H and O–H groups in total. The number of amides is 1. The van der Waals surface area contributed by atoms with Crippen LogP contribution < -0.4 is 4.74 Å². The van der Waals surface area contributed by atoms with Crippen LogP contribution in [0, 0.1) is 5.92 Å². The van der Waals surface area contributed by atoms with E-state index < -0.39 is 0 Å². The zero-order valence-corrected chi connectivity index (χ0v) is 12.3. The van der Waals surface area contributed by atoms with Gasteiger partial charge in [-0.15, -0.1) is 0 Å². The number of nitrogens with zero attached hydrogens (tertiary/aromatic N) is 1. The van der Waals surface area contributed by atoms with Crippen LogP contribution in [-0.2, 0) is 9.47 Å². The molecular weight excluding hydrogens is 270 g/mol. The van der Waals surface area contributed by atoms with E-state index in [9.17, 15) is 4.79 Å². The van der Waals surface area contributed by atoms with Gasteiger partial charge in [0, 0.05) is 19.0 Å². The summed E-state index contributed by atoms with van der Waals surface area (Å²) in [7, 11) is 1.59. The van der Waals surface area contributed by atoms with Gasteiger partial charge in [0.2, 0.25) is 0 Å². The number of para-hydroxylation sites is 1. The van der Waals surface area contributed by atoms with Crippen LogP contribution in [0.4, 0.5) is 0 Å². The number of rotatable bonds is 3. The first-order valence-electron chi connectivity index (χ1n) is 7.45. The highest BCUT2D eigenvalue weighted by atomic mass is 16.7. The third-order valence-corrected chi connectivity index (χ3v) is 4.20. The van der Waals surface area contributed by atoms with Gasteiger partial charge in [-0.2, -0.15) is 0 Å². The van der Waals surface area contributed by atoms with Crippen molar-refractivity contribution in [3.63, 3.8) is 0 Å². The minimum absolute atomic E-state index is 0.0409. The molecule has 0 aromatic heterocycles.